The highest BCUT2D eigenvalue weighted by molar-refractivity contribution is 5.92. The number of piperazine rings is 2. The molecule has 0 amide bonds. The van der Waals surface area contributed by atoms with E-state index in [4.69, 9.17) is 4.74 Å². The van der Waals surface area contributed by atoms with Crippen LogP contribution in [0.2, 0.25) is 0 Å². The Hall–Kier alpha value is -1.67. The van der Waals surface area contributed by atoms with Gasteiger partial charge in [0.25, 0.3) is 0 Å². The van der Waals surface area contributed by atoms with E-state index in [-0.39, 0.29) is 0 Å². The first-order chi connectivity index (χ1) is 16.0. The standard InChI is InChI=1S/C26H43N5O2/c1-21(2)28-7-11-30(12-8-28)25-23(19-27-15-17-33-18-16-27)5-6-24(20-32)26(25)31-13-9-29(10-14-31)22(3)4/h5-6,20-22H,7-19H2,1-4H3. The lowest BCUT2D eigenvalue weighted by molar-refractivity contribution is 0.0342. The van der Waals surface area contributed by atoms with Crippen LogP contribution in [0.4, 0.5) is 11.4 Å². The minimum absolute atomic E-state index is 0.564. The van der Waals surface area contributed by atoms with Crippen LogP contribution < -0.4 is 9.80 Å². The molecule has 0 aromatic heterocycles. The predicted molar refractivity (Wildman–Crippen MR) is 136 cm³/mol. The molecule has 0 aliphatic carbocycles. The van der Waals surface area contributed by atoms with Gasteiger partial charge in [0.2, 0.25) is 0 Å². The Morgan fingerprint density at radius 3 is 1.76 bits per heavy atom. The van der Waals surface area contributed by atoms with Crippen molar-refractivity contribution in [3.8, 4) is 0 Å². The molecule has 0 unspecified atom stereocenters. The Labute approximate surface area is 200 Å². The fourth-order valence-corrected chi connectivity index (χ4v) is 5.47. The van der Waals surface area contributed by atoms with E-state index in [2.05, 4.69) is 64.3 Å². The second-order valence-corrected chi connectivity index (χ2v) is 10.3. The Morgan fingerprint density at radius 1 is 0.758 bits per heavy atom. The van der Waals surface area contributed by atoms with Gasteiger partial charge in [-0.15, -0.1) is 0 Å². The van der Waals surface area contributed by atoms with Gasteiger partial charge in [0, 0.05) is 89.6 Å². The number of morpholine rings is 1. The number of aldehydes is 1. The molecule has 0 saturated carbocycles. The summed E-state index contributed by atoms with van der Waals surface area (Å²) >= 11 is 0. The van der Waals surface area contributed by atoms with Crippen molar-refractivity contribution in [2.24, 2.45) is 0 Å². The fourth-order valence-electron chi connectivity index (χ4n) is 5.47. The number of rotatable bonds is 7. The van der Waals surface area contributed by atoms with Crippen LogP contribution in [0.5, 0.6) is 0 Å². The number of hydrogen-bond donors (Lipinski definition) is 0. The first kappa shape index (κ1) is 24.5. The first-order valence-electron chi connectivity index (χ1n) is 12.9. The van der Waals surface area contributed by atoms with Gasteiger partial charge in [-0.1, -0.05) is 6.07 Å². The van der Waals surface area contributed by atoms with Crippen molar-refractivity contribution in [1.29, 1.82) is 0 Å². The monoisotopic (exact) mass is 457 g/mol. The number of ether oxygens (including phenoxy) is 1. The summed E-state index contributed by atoms with van der Waals surface area (Å²) in [5.74, 6) is 0. The van der Waals surface area contributed by atoms with Crippen molar-refractivity contribution in [1.82, 2.24) is 14.7 Å². The van der Waals surface area contributed by atoms with Crippen LogP contribution in [0.3, 0.4) is 0 Å². The van der Waals surface area contributed by atoms with E-state index in [1.54, 1.807) is 0 Å². The topological polar surface area (TPSA) is 42.5 Å². The van der Waals surface area contributed by atoms with Crippen LogP contribution in [0.25, 0.3) is 0 Å². The molecule has 7 nitrogen and oxygen atoms in total. The number of carbonyl (C=O) groups excluding carboxylic acids is 1. The summed E-state index contributed by atoms with van der Waals surface area (Å²) in [6.07, 6.45) is 1.07. The summed E-state index contributed by atoms with van der Waals surface area (Å²) in [4.78, 5) is 24.9. The minimum Gasteiger partial charge on any atom is -0.379 e. The highest BCUT2D eigenvalue weighted by Crippen LogP contribution is 2.38. The van der Waals surface area contributed by atoms with Crippen LogP contribution in [0.15, 0.2) is 12.1 Å². The zero-order chi connectivity index (χ0) is 23.4. The molecule has 3 fully saturated rings. The maximum Gasteiger partial charge on any atom is 0.152 e. The van der Waals surface area contributed by atoms with Gasteiger partial charge in [0.15, 0.2) is 6.29 Å². The van der Waals surface area contributed by atoms with Gasteiger partial charge in [-0.05, 0) is 39.3 Å². The molecule has 3 heterocycles. The molecule has 1 aromatic rings. The second-order valence-electron chi connectivity index (χ2n) is 10.3. The van der Waals surface area contributed by atoms with Crippen LogP contribution >= 0.6 is 0 Å². The normalized spacial score (nSPS) is 21.9. The highest BCUT2D eigenvalue weighted by atomic mass is 16.5. The third-order valence-corrected chi connectivity index (χ3v) is 7.61. The molecule has 7 heteroatoms. The molecule has 184 valence electrons. The van der Waals surface area contributed by atoms with Crippen molar-refractivity contribution in [2.45, 2.75) is 46.3 Å². The average molecular weight is 458 g/mol. The molecule has 3 saturated heterocycles. The lowest BCUT2D eigenvalue weighted by atomic mass is 10.0. The molecule has 0 atom stereocenters. The van der Waals surface area contributed by atoms with Crippen LogP contribution in [0, 0.1) is 0 Å². The molecule has 0 spiro atoms. The summed E-state index contributed by atoms with van der Waals surface area (Å²) in [6, 6.07) is 5.40. The zero-order valence-corrected chi connectivity index (χ0v) is 21.1. The number of benzene rings is 1. The van der Waals surface area contributed by atoms with Crippen molar-refractivity contribution in [3.63, 3.8) is 0 Å². The van der Waals surface area contributed by atoms with Gasteiger partial charge in [-0.3, -0.25) is 19.5 Å². The summed E-state index contributed by atoms with van der Waals surface area (Å²) in [5, 5.41) is 0. The van der Waals surface area contributed by atoms with Crippen molar-refractivity contribution in [2.75, 3.05) is 88.5 Å². The quantitative estimate of drug-likeness (QED) is 0.583. The third kappa shape index (κ3) is 5.70. The maximum absolute atomic E-state index is 12.2. The van der Waals surface area contributed by atoms with Crippen LogP contribution in [0.1, 0.15) is 43.6 Å². The number of nitrogens with zero attached hydrogens (tertiary/aromatic N) is 5. The SMILES string of the molecule is CC(C)N1CCN(c2c(C=O)ccc(CN3CCOCC3)c2N2CCN(C(C)C)CC2)CC1. The van der Waals surface area contributed by atoms with Gasteiger partial charge in [-0.2, -0.15) is 0 Å². The maximum atomic E-state index is 12.2. The molecular formula is C26H43N5O2. The van der Waals surface area contributed by atoms with E-state index in [1.165, 1.54) is 11.3 Å². The van der Waals surface area contributed by atoms with Crippen molar-refractivity contribution >= 4 is 17.7 Å². The van der Waals surface area contributed by atoms with Gasteiger partial charge in [-0.25, -0.2) is 0 Å². The Kier molecular flexibility index (Phi) is 8.28. The lowest BCUT2D eigenvalue weighted by Gasteiger charge is -2.44. The lowest BCUT2D eigenvalue weighted by Crippen LogP contribution is -2.51. The molecule has 33 heavy (non-hydrogen) atoms. The number of hydrogen-bond acceptors (Lipinski definition) is 7. The molecule has 4 rings (SSSR count). The van der Waals surface area contributed by atoms with E-state index < -0.39 is 0 Å². The smallest absolute Gasteiger partial charge is 0.152 e. The van der Waals surface area contributed by atoms with Gasteiger partial charge in [0.1, 0.15) is 0 Å². The zero-order valence-electron chi connectivity index (χ0n) is 21.1. The van der Waals surface area contributed by atoms with Gasteiger partial charge >= 0.3 is 0 Å². The van der Waals surface area contributed by atoms with E-state index in [1.807, 2.05) is 0 Å². The molecule has 3 aliphatic heterocycles. The highest BCUT2D eigenvalue weighted by Gasteiger charge is 2.29. The van der Waals surface area contributed by atoms with Crippen LogP contribution in [-0.4, -0.2) is 112 Å². The van der Waals surface area contributed by atoms with Gasteiger partial charge < -0.3 is 14.5 Å². The fraction of sp³-hybridized carbons (Fsp3) is 0.731. The largest absolute Gasteiger partial charge is 0.379 e. The number of anilines is 2. The van der Waals surface area contributed by atoms with Crippen molar-refractivity contribution in [3.05, 3.63) is 23.3 Å². The average Bonchev–Trinajstić information content (AvgIpc) is 2.84. The Balaban J connectivity index is 1.67. The Morgan fingerprint density at radius 2 is 1.27 bits per heavy atom. The summed E-state index contributed by atoms with van der Waals surface area (Å²) in [5.41, 5.74) is 4.64. The first-order valence-corrected chi connectivity index (χ1v) is 12.9. The molecule has 0 bridgehead atoms. The molecular weight excluding hydrogens is 414 g/mol. The summed E-state index contributed by atoms with van der Waals surface area (Å²) in [6.45, 7) is 21.8. The Bertz CT molecular complexity index is 777. The molecule has 0 N–H and O–H groups in total. The molecule has 1 aromatic carbocycles. The van der Waals surface area contributed by atoms with E-state index in [0.29, 0.717) is 12.1 Å². The summed E-state index contributed by atoms with van der Waals surface area (Å²) < 4.78 is 5.59. The minimum atomic E-state index is 0.564. The van der Waals surface area contributed by atoms with E-state index in [9.17, 15) is 4.79 Å². The number of carbonyl (C=O) groups is 1. The molecule has 3 aliphatic rings. The summed E-state index contributed by atoms with van der Waals surface area (Å²) in [7, 11) is 0. The van der Waals surface area contributed by atoms with E-state index in [0.717, 1.165) is 103 Å². The van der Waals surface area contributed by atoms with Gasteiger partial charge in [0.05, 0.1) is 24.6 Å². The molecule has 0 radical (unpaired) electrons. The third-order valence-electron chi connectivity index (χ3n) is 7.61. The van der Waals surface area contributed by atoms with Crippen LogP contribution in [-0.2, 0) is 11.3 Å². The van der Waals surface area contributed by atoms with E-state index >= 15 is 0 Å². The predicted octanol–water partition coefficient (Wildman–Crippen LogP) is 2.39. The second kappa shape index (κ2) is 11.2. The van der Waals surface area contributed by atoms with Crippen molar-refractivity contribution < 1.29 is 9.53 Å².